The predicted molar refractivity (Wildman–Crippen MR) is 42.6 cm³/mol. The minimum Gasteiger partial charge on any atom is -0.237 e. The average Bonchev–Trinajstić information content (AvgIpc) is 2.44. The first-order chi connectivity index (χ1) is 4.92. The molecule has 0 aliphatic carbocycles. The van der Waals surface area contributed by atoms with E-state index in [1.54, 1.807) is 5.71 Å². The number of nitrogens with zero attached hydrogens (tertiary/aromatic N) is 1. The number of hydrogen-bond donors (Lipinski definition) is 0. The van der Waals surface area contributed by atoms with Gasteiger partial charge in [-0.05, 0) is 6.42 Å². The predicted octanol–water partition coefficient (Wildman–Crippen LogP) is 1.66. The third kappa shape index (κ3) is 0.799. The van der Waals surface area contributed by atoms with Crippen LogP contribution < -0.4 is 0 Å². The van der Waals surface area contributed by atoms with E-state index in [1.165, 1.54) is 38.8 Å². The van der Waals surface area contributed by atoms with Crippen molar-refractivity contribution in [1.29, 1.82) is 0 Å². The van der Waals surface area contributed by atoms with E-state index in [1.807, 2.05) is 0 Å². The van der Waals surface area contributed by atoms with Gasteiger partial charge in [-0.2, -0.15) is 0 Å². The second-order valence-corrected chi connectivity index (χ2v) is 3.48. The summed E-state index contributed by atoms with van der Waals surface area (Å²) in [4.78, 5) is 0. The lowest BCUT2D eigenvalue weighted by atomic mass is 9.97. The van der Waals surface area contributed by atoms with Crippen molar-refractivity contribution >= 4 is 5.71 Å². The van der Waals surface area contributed by atoms with Crippen molar-refractivity contribution in [2.24, 2.45) is 5.92 Å². The van der Waals surface area contributed by atoms with Crippen molar-refractivity contribution in [3.05, 3.63) is 0 Å². The second kappa shape index (κ2) is 2.37. The number of rotatable bonds is 1. The monoisotopic (exact) mass is 138 g/mol. The lowest BCUT2D eigenvalue weighted by Gasteiger charge is -2.00. The zero-order valence-corrected chi connectivity index (χ0v) is 6.77. The molecule has 1 nitrogen and oxygen atoms in total. The Morgan fingerprint density at radius 2 is 2.40 bits per heavy atom. The fourth-order valence-corrected chi connectivity index (χ4v) is 2.39. The summed E-state index contributed by atoms with van der Waals surface area (Å²) in [5, 5.41) is 0. The molecule has 0 fully saturated rings. The highest BCUT2D eigenvalue weighted by Gasteiger charge is 2.34. The molecule has 0 aromatic carbocycles. The SMILES string of the molecule is CCC1CC[N+]2=C1CCC2. The fourth-order valence-electron chi connectivity index (χ4n) is 2.39. The second-order valence-electron chi connectivity index (χ2n) is 3.48. The van der Waals surface area contributed by atoms with Gasteiger partial charge in [0.25, 0.3) is 0 Å². The van der Waals surface area contributed by atoms with Gasteiger partial charge in [-0.25, -0.2) is 4.58 Å². The van der Waals surface area contributed by atoms with E-state index in [0.717, 1.165) is 5.92 Å². The van der Waals surface area contributed by atoms with E-state index in [9.17, 15) is 0 Å². The molecule has 0 amide bonds. The van der Waals surface area contributed by atoms with Crippen molar-refractivity contribution in [1.82, 2.24) is 0 Å². The maximum Gasteiger partial charge on any atom is 0.155 e. The van der Waals surface area contributed by atoms with Crippen LogP contribution in [0, 0.1) is 5.92 Å². The molecule has 2 heterocycles. The lowest BCUT2D eigenvalue weighted by molar-refractivity contribution is -0.512. The van der Waals surface area contributed by atoms with Crippen molar-refractivity contribution < 1.29 is 4.58 Å². The molecule has 2 aliphatic heterocycles. The molecular weight excluding hydrogens is 122 g/mol. The van der Waals surface area contributed by atoms with Gasteiger partial charge < -0.3 is 0 Å². The van der Waals surface area contributed by atoms with Gasteiger partial charge >= 0.3 is 0 Å². The molecule has 2 rings (SSSR count). The smallest absolute Gasteiger partial charge is 0.155 e. The average molecular weight is 138 g/mol. The van der Waals surface area contributed by atoms with Crippen LogP contribution in [0.25, 0.3) is 0 Å². The minimum absolute atomic E-state index is 0.961. The van der Waals surface area contributed by atoms with Crippen LogP contribution >= 0.6 is 0 Å². The maximum absolute atomic E-state index is 2.61. The third-order valence-electron chi connectivity index (χ3n) is 2.98. The summed E-state index contributed by atoms with van der Waals surface area (Å²) in [6.45, 7) is 5.03. The van der Waals surface area contributed by atoms with Gasteiger partial charge in [0.1, 0.15) is 13.1 Å². The van der Waals surface area contributed by atoms with Crippen LogP contribution in [-0.4, -0.2) is 23.4 Å². The Bertz CT molecular complexity index is 170. The molecule has 2 aliphatic rings. The summed E-state index contributed by atoms with van der Waals surface area (Å²) < 4.78 is 2.61. The van der Waals surface area contributed by atoms with Gasteiger partial charge in [0, 0.05) is 25.2 Å². The zero-order valence-electron chi connectivity index (χ0n) is 6.77. The molecule has 0 spiro atoms. The Morgan fingerprint density at radius 1 is 1.50 bits per heavy atom. The molecule has 0 aromatic rings. The summed E-state index contributed by atoms with van der Waals surface area (Å²) in [7, 11) is 0. The van der Waals surface area contributed by atoms with Gasteiger partial charge in [0.2, 0.25) is 0 Å². The van der Waals surface area contributed by atoms with E-state index in [4.69, 9.17) is 0 Å². The topological polar surface area (TPSA) is 3.01 Å². The molecule has 0 N–H and O–H groups in total. The molecule has 1 atom stereocenters. The summed E-state index contributed by atoms with van der Waals surface area (Å²) in [6.07, 6.45) is 5.63. The fraction of sp³-hybridized carbons (Fsp3) is 0.889. The normalized spacial score (nSPS) is 31.5. The Balaban J connectivity index is 2.15. The van der Waals surface area contributed by atoms with Crippen molar-refractivity contribution in [2.45, 2.75) is 32.6 Å². The highest BCUT2D eigenvalue weighted by molar-refractivity contribution is 5.83. The molecule has 0 saturated carbocycles. The third-order valence-corrected chi connectivity index (χ3v) is 2.98. The van der Waals surface area contributed by atoms with Crippen LogP contribution in [0.3, 0.4) is 0 Å². The molecule has 0 radical (unpaired) electrons. The van der Waals surface area contributed by atoms with E-state index in [0.29, 0.717) is 0 Å². The van der Waals surface area contributed by atoms with Gasteiger partial charge in [0.15, 0.2) is 5.71 Å². The largest absolute Gasteiger partial charge is 0.237 e. The molecule has 1 unspecified atom stereocenters. The molecule has 56 valence electrons. The lowest BCUT2D eigenvalue weighted by Crippen LogP contribution is -2.10. The maximum atomic E-state index is 2.61. The van der Waals surface area contributed by atoms with Crippen LogP contribution in [0.5, 0.6) is 0 Å². The van der Waals surface area contributed by atoms with Crippen molar-refractivity contribution in [2.75, 3.05) is 13.1 Å². The van der Waals surface area contributed by atoms with Crippen LogP contribution in [0.2, 0.25) is 0 Å². The molecule has 10 heavy (non-hydrogen) atoms. The zero-order chi connectivity index (χ0) is 6.97. The first-order valence-electron chi connectivity index (χ1n) is 4.52. The van der Waals surface area contributed by atoms with E-state index < -0.39 is 0 Å². The van der Waals surface area contributed by atoms with Crippen LogP contribution in [0.1, 0.15) is 32.6 Å². The van der Waals surface area contributed by atoms with Crippen LogP contribution in [0.4, 0.5) is 0 Å². The highest BCUT2D eigenvalue weighted by atomic mass is 15.1. The summed E-state index contributed by atoms with van der Waals surface area (Å²) in [5.74, 6) is 0.961. The van der Waals surface area contributed by atoms with Crippen molar-refractivity contribution in [3.63, 3.8) is 0 Å². The first kappa shape index (κ1) is 6.38. The Hall–Kier alpha value is -0.330. The number of hydrogen-bond acceptors (Lipinski definition) is 0. The van der Waals surface area contributed by atoms with Crippen LogP contribution in [-0.2, 0) is 0 Å². The van der Waals surface area contributed by atoms with Gasteiger partial charge in [-0.15, -0.1) is 0 Å². The van der Waals surface area contributed by atoms with Crippen molar-refractivity contribution in [3.8, 4) is 0 Å². The van der Waals surface area contributed by atoms with Gasteiger partial charge in [-0.1, -0.05) is 6.92 Å². The molecule has 0 aromatic heterocycles. The van der Waals surface area contributed by atoms with Gasteiger partial charge in [-0.3, -0.25) is 0 Å². The Labute approximate surface area is 62.8 Å². The first-order valence-corrected chi connectivity index (χ1v) is 4.52. The molecule has 1 heteroatoms. The Morgan fingerprint density at radius 3 is 3.20 bits per heavy atom. The Kier molecular flexibility index (Phi) is 1.51. The van der Waals surface area contributed by atoms with E-state index in [2.05, 4.69) is 11.5 Å². The van der Waals surface area contributed by atoms with E-state index in [-0.39, 0.29) is 0 Å². The summed E-state index contributed by atoms with van der Waals surface area (Å²) in [5.41, 5.74) is 1.78. The molecule has 0 saturated heterocycles. The summed E-state index contributed by atoms with van der Waals surface area (Å²) >= 11 is 0. The molecule has 0 bridgehead atoms. The highest BCUT2D eigenvalue weighted by Crippen LogP contribution is 2.24. The standard InChI is InChI=1S/C9H16N/c1-2-8-5-7-10-6-3-4-9(8)10/h8H,2-7H2,1H3/q+1. The van der Waals surface area contributed by atoms with Gasteiger partial charge in [0.05, 0.1) is 0 Å². The van der Waals surface area contributed by atoms with E-state index >= 15 is 0 Å². The molecular formula is C9H16N+. The summed E-state index contributed by atoms with van der Waals surface area (Å²) in [6, 6.07) is 0. The van der Waals surface area contributed by atoms with Crippen LogP contribution in [0.15, 0.2) is 0 Å². The quantitative estimate of drug-likeness (QED) is 0.485. The minimum atomic E-state index is 0.961.